The Kier molecular flexibility index (Phi) is 2.41. The molecular formula is C8H8IN3O3. The first-order chi connectivity index (χ1) is 7.02. The van der Waals surface area contributed by atoms with Crippen LogP contribution in [0.4, 0.5) is 0 Å². The summed E-state index contributed by atoms with van der Waals surface area (Å²) >= 11 is 1.63. The van der Waals surface area contributed by atoms with E-state index in [1.54, 1.807) is 22.9 Å². The maximum atomic E-state index is 11.6. The number of hydrogen-bond acceptors (Lipinski definition) is 3. The molecule has 1 aliphatic carbocycles. The number of hydrogen-bond donors (Lipinski definition) is 2. The van der Waals surface area contributed by atoms with Crippen molar-refractivity contribution in [2.75, 3.05) is 0 Å². The number of carbonyl (C=O) groups excluding carboxylic acids is 1. The number of nitrogens with zero attached hydrogens (tertiary/aromatic N) is 1. The van der Waals surface area contributed by atoms with Gasteiger partial charge in [-0.05, 0) is 12.8 Å². The van der Waals surface area contributed by atoms with Gasteiger partial charge in [-0.2, -0.15) is 2.78 Å². The molecule has 0 radical (unpaired) electrons. The molecule has 1 amide bonds. The van der Waals surface area contributed by atoms with Gasteiger partial charge in [-0.3, -0.25) is 9.59 Å². The van der Waals surface area contributed by atoms with E-state index in [9.17, 15) is 14.4 Å². The number of nitrogens with two attached hydrogens (primary N) is 1. The molecule has 3 N–H and O–H groups in total. The van der Waals surface area contributed by atoms with Crippen molar-refractivity contribution in [1.82, 2.24) is 7.76 Å². The predicted molar refractivity (Wildman–Crippen MR) is 61.0 cm³/mol. The summed E-state index contributed by atoms with van der Waals surface area (Å²) in [6.07, 6.45) is 0.984. The van der Waals surface area contributed by atoms with Gasteiger partial charge in [-0.1, -0.05) is 0 Å². The van der Waals surface area contributed by atoms with Crippen LogP contribution < -0.4 is 17.0 Å². The smallest absolute Gasteiger partial charge is 0.337 e. The summed E-state index contributed by atoms with van der Waals surface area (Å²) in [4.78, 5) is 36.5. The Morgan fingerprint density at radius 2 is 2.20 bits per heavy atom. The maximum Gasteiger partial charge on any atom is 0.337 e. The van der Waals surface area contributed by atoms with Gasteiger partial charge in [0, 0.05) is 11.3 Å². The van der Waals surface area contributed by atoms with Crippen molar-refractivity contribution >= 4 is 28.8 Å². The Labute approximate surface area is 98.0 Å². The van der Waals surface area contributed by atoms with E-state index in [1.807, 2.05) is 0 Å². The monoisotopic (exact) mass is 321 g/mol. The summed E-state index contributed by atoms with van der Waals surface area (Å²) in [5.41, 5.74) is 5.20. The fourth-order valence-corrected chi connectivity index (χ4v) is 2.23. The minimum Gasteiger partial charge on any atom is -0.369 e. The van der Waals surface area contributed by atoms with Gasteiger partial charge in [0.15, 0.2) is 0 Å². The zero-order valence-electron chi connectivity index (χ0n) is 7.62. The molecule has 0 saturated carbocycles. The normalized spacial score (nSPS) is 18.9. The Balaban J connectivity index is 2.71. The molecule has 1 heterocycles. The molecule has 1 aromatic rings. The van der Waals surface area contributed by atoms with Crippen LogP contribution in [0.2, 0.25) is 0 Å². The highest BCUT2D eigenvalue weighted by atomic mass is 127. The standard InChI is InChI=1S/C8H8IN3O3/c9-12-7(14)4-2-1-3(6(10)13)5(4)11-8(12)15/h3H,1-2H2,(H2,10,13)(H,11,15). The van der Waals surface area contributed by atoms with Crippen molar-refractivity contribution in [1.29, 1.82) is 0 Å². The first-order valence-corrected chi connectivity index (χ1v) is 5.32. The second-order valence-electron chi connectivity index (χ2n) is 3.40. The van der Waals surface area contributed by atoms with Crippen LogP contribution in [0.3, 0.4) is 0 Å². The highest BCUT2D eigenvalue weighted by Crippen LogP contribution is 2.27. The summed E-state index contributed by atoms with van der Waals surface area (Å²) in [7, 11) is 0. The van der Waals surface area contributed by atoms with E-state index in [0.29, 0.717) is 24.1 Å². The minimum atomic E-state index is -0.530. The van der Waals surface area contributed by atoms with E-state index < -0.39 is 17.5 Å². The summed E-state index contributed by atoms with van der Waals surface area (Å²) in [6, 6.07) is 0. The lowest BCUT2D eigenvalue weighted by molar-refractivity contribution is -0.119. The molecule has 0 spiro atoms. The number of fused-ring (bicyclic) bond motifs is 1. The molecule has 0 aromatic carbocycles. The summed E-state index contributed by atoms with van der Waals surface area (Å²) in [6.45, 7) is 0. The van der Waals surface area contributed by atoms with Crippen LogP contribution in [0.5, 0.6) is 0 Å². The molecule has 1 aliphatic rings. The molecule has 0 fully saturated rings. The van der Waals surface area contributed by atoms with Crippen LogP contribution in [-0.4, -0.2) is 13.7 Å². The van der Waals surface area contributed by atoms with Gasteiger partial charge in [-0.15, -0.1) is 0 Å². The molecule has 15 heavy (non-hydrogen) atoms. The third kappa shape index (κ3) is 1.50. The highest BCUT2D eigenvalue weighted by Gasteiger charge is 2.30. The number of halogens is 1. The maximum absolute atomic E-state index is 11.6. The largest absolute Gasteiger partial charge is 0.369 e. The number of aromatic amines is 1. The first-order valence-electron chi connectivity index (χ1n) is 4.36. The fraction of sp³-hybridized carbons (Fsp3) is 0.375. The first kappa shape index (κ1) is 10.4. The van der Waals surface area contributed by atoms with Crippen molar-refractivity contribution in [2.45, 2.75) is 18.8 Å². The van der Waals surface area contributed by atoms with Crippen LogP contribution in [0, 0.1) is 0 Å². The lowest BCUT2D eigenvalue weighted by Crippen LogP contribution is -2.33. The van der Waals surface area contributed by atoms with Gasteiger partial charge in [0.2, 0.25) is 5.91 Å². The lowest BCUT2D eigenvalue weighted by atomic mass is 10.1. The van der Waals surface area contributed by atoms with Gasteiger partial charge < -0.3 is 10.7 Å². The highest BCUT2D eigenvalue weighted by molar-refractivity contribution is 14.1. The SMILES string of the molecule is NC(=O)C1CCc2c1[nH]c(=O)n(I)c2=O. The molecule has 6 nitrogen and oxygen atoms in total. The van der Waals surface area contributed by atoms with Crippen molar-refractivity contribution in [3.8, 4) is 0 Å². The summed E-state index contributed by atoms with van der Waals surface area (Å²) < 4.78 is 0.972. The quantitative estimate of drug-likeness (QED) is 0.666. The van der Waals surface area contributed by atoms with Crippen molar-refractivity contribution in [2.24, 2.45) is 5.73 Å². The van der Waals surface area contributed by atoms with Crippen LogP contribution in [0.1, 0.15) is 23.6 Å². The van der Waals surface area contributed by atoms with Crippen LogP contribution in [0.15, 0.2) is 9.59 Å². The second kappa shape index (κ2) is 3.47. The number of nitrogens with one attached hydrogen (secondary N) is 1. The van der Waals surface area contributed by atoms with E-state index in [-0.39, 0.29) is 5.56 Å². The average molecular weight is 321 g/mol. The van der Waals surface area contributed by atoms with Crippen molar-refractivity contribution in [3.63, 3.8) is 0 Å². The van der Waals surface area contributed by atoms with Crippen molar-refractivity contribution in [3.05, 3.63) is 32.1 Å². The van der Waals surface area contributed by atoms with Crippen LogP contribution in [-0.2, 0) is 11.2 Å². The molecule has 1 unspecified atom stereocenters. The fourth-order valence-electron chi connectivity index (χ4n) is 1.82. The van der Waals surface area contributed by atoms with E-state index in [1.165, 1.54) is 0 Å². The average Bonchev–Trinajstić information content (AvgIpc) is 2.58. The molecule has 0 bridgehead atoms. The van der Waals surface area contributed by atoms with E-state index in [2.05, 4.69) is 4.98 Å². The summed E-state index contributed by atoms with van der Waals surface area (Å²) in [5.74, 6) is -1.03. The molecular weight excluding hydrogens is 313 g/mol. The summed E-state index contributed by atoms with van der Waals surface area (Å²) in [5, 5.41) is 0. The van der Waals surface area contributed by atoms with Gasteiger partial charge >= 0.3 is 5.69 Å². The zero-order valence-corrected chi connectivity index (χ0v) is 9.78. The Morgan fingerprint density at radius 1 is 1.53 bits per heavy atom. The third-order valence-electron chi connectivity index (χ3n) is 2.56. The molecule has 2 rings (SSSR count). The number of H-pyrrole nitrogens is 1. The number of primary amides is 1. The Hall–Kier alpha value is -1.12. The van der Waals surface area contributed by atoms with E-state index in [4.69, 9.17) is 5.73 Å². The number of carbonyl (C=O) groups is 1. The van der Waals surface area contributed by atoms with Gasteiger partial charge in [0.05, 0.1) is 28.8 Å². The van der Waals surface area contributed by atoms with E-state index >= 15 is 0 Å². The number of aromatic nitrogens is 2. The molecule has 1 atom stereocenters. The zero-order chi connectivity index (χ0) is 11.2. The number of rotatable bonds is 1. The lowest BCUT2D eigenvalue weighted by Gasteiger charge is -2.05. The molecule has 7 heteroatoms. The van der Waals surface area contributed by atoms with Crippen LogP contribution in [0.25, 0.3) is 0 Å². The third-order valence-corrected chi connectivity index (χ3v) is 3.43. The molecule has 80 valence electrons. The topological polar surface area (TPSA) is 97.9 Å². The van der Waals surface area contributed by atoms with Gasteiger partial charge in [-0.25, -0.2) is 4.79 Å². The molecule has 0 aliphatic heterocycles. The Morgan fingerprint density at radius 3 is 2.80 bits per heavy atom. The Bertz CT molecular complexity index is 545. The number of amides is 1. The van der Waals surface area contributed by atoms with Gasteiger partial charge in [0.25, 0.3) is 5.56 Å². The van der Waals surface area contributed by atoms with E-state index in [0.717, 1.165) is 2.78 Å². The molecule has 1 aromatic heterocycles. The second-order valence-corrected chi connectivity index (χ2v) is 4.37. The molecule has 0 saturated heterocycles. The van der Waals surface area contributed by atoms with Gasteiger partial charge in [0.1, 0.15) is 0 Å². The van der Waals surface area contributed by atoms with Crippen molar-refractivity contribution < 1.29 is 4.79 Å². The predicted octanol–water partition coefficient (Wildman–Crippen LogP) is -0.750. The van der Waals surface area contributed by atoms with Crippen LogP contribution >= 0.6 is 22.9 Å². The minimum absolute atomic E-state index is 0.349.